The minimum Gasteiger partial charge on any atom is -0.376 e. The van der Waals surface area contributed by atoms with Gasteiger partial charge in [-0.2, -0.15) is 0 Å². The van der Waals surface area contributed by atoms with E-state index in [0.717, 1.165) is 31.4 Å². The summed E-state index contributed by atoms with van der Waals surface area (Å²) in [6, 6.07) is 1.92. The average Bonchev–Trinajstić information content (AvgIpc) is 3.06. The summed E-state index contributed by atoms with van der Waals surface area (Å²) < 4.78 is 16.9. The molecule has 6 nitrogen and oxygen atoms in total. The van der Waals surface area contributed by atoms with E-state index in [1.165, 1.54) is 0 Å². The van der Waals surface area contributed by atoms with Crippen molar-refractivity contribution in [3.8, 4) is 0 Å². The Morgan fingerprint density at radius 3 is 3.05 bits per heavy atom. The first kappa shape index (κ1) is 14.2. The van der Waals surface area contributed by atoms with Crippen molar-refractivity contribution in [2.24, 2.45) is 0 Å². The molecule has 2 aliphatic heterocycles. The Morgan fingerprint density at radius 2 is 2.27 bits per heavy atom. The maximum absolute atomic E-state index is 12.8. The van der Waals surface area contributed by atoms with Crippen LogP contribution in [0.5, 0.6) is 0 Å². The van der Waals surface area contributed by atoms with Crippen molar-refractivity contribution in [2.75, 3.05) is 19.8 Å². The highest BCUT2D eigenvalue weighted by atomic mass is 16.5. The van der Waals surface area contributed by atoms with Gasteiger partial charge < -0.3 is 18.9 Å². The van der Waals surface area contributed by atoms with Crippen LogP contribution in [-0.4, -0.2) is 54.0 Å². The number of rotatable bonds is 4. The van der Waals surface area contributed by atoms with E-state index in [-0.39, 0.29) is 24.2 Å². The van der Waals surface area contributed by atoms with Crippen molar-refractivity contribution in [1.29, 1.82) is 0 Å². The van der Waals surface area contributed by atoms with E-state index >= 15 is 0 Å². The Bertz CT molecular complexity index is 554. The predicted molar refractivity (Wildman–Crippen MR) is 77.7 cm³/mol. The molecule has 120 valence electrons. The second-order valence-corrected chi connectivity index (χ2v) is 6.36. The third kappa shape index (κ3) is 2.44. The maximum atomic E-state index is 12.8. The highest BCUT2D eigenvalue weighted by molar-refractivity contribution is 5.92. The average molecular weight is 306 g/mol. The molecule has 0 N–H and O–H groups in total. The van der Waals surface area contributed by atoms with Crippen molar-refractivity contribution in [2.45, 2.75) is 56.8 Å². The molecule has 3 atom stereocenters. The molecule has 3 heterocycles. The molecule has 4 rings (SSSR count). The summed E-state index contributed by atoms with van der Waals surface area (Å²) in [5.41, 5.74) is 0.433. The molecule has 1 aromatic rings. The molecule has 3 fully saturated rings. The fraction of sp³-hybridized carbons (Fsp3) is 0.750. The second kappa shape index (κ2) is 5.66. The van der Waals surface area contributed by atoms with Crippen LogP contribution in [0.1, 0.15) is 54.8 Å². The number of aromatic nitrogens is 1. The number of hydrogen-bond donors (Lipinski definition) is 0. The van der Waals surface area contributed by atoms with Gasteiger partial charge in [-0.3, -0.25) is 4.79 Å². The number of amides is 1. The zero-order chi connectivity index (χ0) is 15.1. The lowest BCUT2D eigenvalue weighted by atomic mass is 9.95. The summed E-state index contributed by atoms with van der Waals surface area (Å²) >= 11 is 0. The van der Waals surface area contributed by atoms with Crippen LogP contribution in [0, 0.1) is 0 Å². The van der Waals surface area contributed by atoms with Gasteiger partial charge >= 0.3 is 0 Å². The van der Waals surface area contributed by atoms with Crippen LogP contribution in [-0.2, 0) is 9.47 Å². The molecule has 0 spiro atoms. The quantitative estimate of drug-likeness (QED) is 0.851. The number of carbonyl (C=O) groups excluding carboxylic acids is 1. The van der Waals surface area contributed by atoms with Crippen LogP contribution in [0.25, 0.3) is 0 Å². The minimum absolute atomic E-state index is 0.00699. The van der Waals surface area contributed by atoms with Crippen LogP contribution in [0.3, 0.4) is 0 Å². The predicted octanol–water partition coefficient (Wildman–Crippen LogP) is 1.96. The van der Waals surface area contributed by atoms with Gasteiger partial charge in [-0.1, -0.05) is 5.16 Å². The highest BCUT2D eigenvalue weighted by Crippen LogP contribution is 2.40. The first-order chi connectivity index (χ1) is 10.8. The zero-order valence-corrected chi connectivity index (χ0v) is 12.9. The van der Waals surface area contributed by atoms with E-state index in [1.54, 1.807) is 0 Å². The largest absolute Gasteiger partial charge is 0.376 e. The van der Waals surface area contributed by atoms with Gasteiger partial charge in [0.2, 0.25) is 0 Å². The zero-order valence-electron chi connectivity index (χ0n) is 12.9. The van der Waals surface area contributed by atoms with Crippen LogP contribution < -0.4 is 0 Å². The number of carbonyl (C=O) groups is 1. The maximum Gasteiger partial charge on any atom is 0.276 e. The SMILES string of the molecule is CCO[C@@H]1CCN(C(=O)c2cc(C3CC3)on2)[C@H]2CCO[C@H]12. The van der Waals surface area contributed by atoms with E-state index in [1.807, 2.05) is 17.9 Å². The van der Waals surface area contributed by atoms with Crippen molar-refractivity contribution >= 4 is 5.91 Å². The molecule has 0 aromatic carbocycles. The summed E-state index contributed by atoms with van der Waals surface area (Å²) in [6.45, 7) is 4.06. The Hall–Kier alpha value is -1.40. The lowest BCUT2D eigenvalue weighted by Crippen LogP contribution is -2.55. The molecule has 1 amide bonds. The lowest BCUT2D eigenvalue weighted by molar-refractivity contribution is -0.0883. The standard InChI is InChI=1S/C16H22N2O4/c1-2-20-13-5-7-18(12-6-8-21-15(12)13)16(19)11-9-14(22-17-11)10-3-4-10/h9-10,12-13,15H,2-8H2,1H3/t12-,13+,15-/m0/s1. The second-order valence-electron chi connectivity index (χ2n) is 6.36. The Labute approximate surface area is 129 Å². The van der Waals surface area contributed by atoms with Crippen molar-refractivity contribution < 1.29 is 18.8 Å². The molecule has 3 aliphatic rings. The summed E-state index contributed by atoms with van der Waals surface area (Å²) in [7, 11) is 0. The van der Waals surface area contributed by atoms with Crippen LogP contribution in [0.15, 0.2) is 10.6 Å². The fourth-order valence-electron chi connectivity index (χ4n) is 3.63. The molecule has 6 heteroatoms. The summed E-state index contributed by atoms with van der Waals surface area (Å²) in [6.07, 6.45) is 4.05. The van der Waals surface area contributed by atoms with Crippen molar-refractivity contribution in [1.82, 2.24) is 10.1 Å². The first-order valence-corrected chi connectivity index (χ1v) is 8.28. The first-order valence-electron chi connectivity index (χ1n) is 8.28. The number of piperidine rings is 1. The molecule has 0 radical (unpaired) electrons. The van der Waals surface area contributed by atoms with Gasteiger partial charge in [0.05, 0.1) is 12.1 Å². The summed E-state index contributed by atoms with van der Waals surface area (Å²) in [5.74, 6) is 1.29. The monoisotopic (exact) mass is 306 g/mol. The third-order valence-corrected chi connectivity index (χ3v) is 4.89. The van der Waals surface area contributed by atoms with Crippen molar-refractivity contribution in [3.63, 3.8) is 0 Å². The smallest absolute Gasteiger partial charge is 0.276 e. The molecule has 0 unspecified atom stereocenters. The molecule has 0 bridgehead atoms. The molecule has 2 saturated heterocycles. The molecule has 22 heavy (non-hydrogen) atoms. The van der Waals surface area contributed by atoms with E-state index in [0.29, 0.717) is 31.4 Å². The van der Waals surface area contributed by atoms with Crippen molar-refractivity contribution in [3.05, 3.63) is 17.5 Å². The Balaban J connectivity index is 1.50. The Kier molecular flexibility index (Phi) is 3.66. The molecular weight excluding hydrogens is 284 g/mol. The normalized spacial score (nSPS) is 31.3. The number of likely N-dealkylation sites (tertiary alicyclic amines) is 1. The molecule has 1 saturated carbocycles. The number of nitrogens with zero attached hydrogens (tertiary/aromatic N) is 2. The van der Waals surface area contributed by atoms with Gasteiger partial charge in [-0.15, -0.1) is 0 Å². The van der Waals surface area contributed by atoms with E-state index in [2.05, 4.69) is 5.16 Å². The number of ether oxygens (including phenoxy) is 2. The molecule has 1 aromatic heterocycles. The van der Waals surface area contributed by atoms with Crippen LogP contribution >= 0.6 is 0 Å². The topological polar surface area (TPSA) is 64.8 Å². The Morgan fingerprint density at radius 1 is 1.41 bits per heavy atom. The van der Waals surface area contributed by atoms with Gasteiger partial charge in [0.15, 0.2) is 5.69 Å². The summed E-state index contributed by atoms with van der Waals surface area (Å²) in [4.78, 5) is 14.7. The highest BCUT2D eigenvalue weighted by Gasteiger charge is 2.45. The van der Waals surface area contributed by atoms with E-state index in [9.17, 15) is 4.79 Å². The van der Waals surface area contributed by atoms with Gasteiger partial charge in [0.25, 0.3) is 5.91 Å². The fourth-order valence-corrected chi connectivity index (χ4v) is 3.63. The molecule has 1 aliphatic carbocycles. The van der Waals surface area contributed by atoms with Crippen LogP contribution in [0.4, 0.5) is 0 Å². The van der Waals surface area contributed by atoms with Gasteiger partial charge in [-0.25, -0.2) is 0 Å². The van der Waals surface area contributed by atoms with Gasteiger partial charge in [-0.05, 0) is 32.6 Å². The minimum atomic E-state index is -0.0360. The van der Waals surface area contributed by atoms with Gasteiger partial charge in [0.1, 0.15) is 11.9 Å². The van der Waals surface area contributed by atoms with E-state index < -0.39 is 0 Å². The molecular formula is C16H22N2O4. The van der Waals surface area contributed by atoms with Gasteiger partial charge in [0, 0.05) is 31.7 Å². The van der Waals surface area contributed by atoms with Crippen LogP contribution in [0.2, 0.25) is 0 Å². The number of hydrogen-bond acceptors (Lipinski definition) is 5. The summed E-state index contributed by atoms with van der Waals surface area (Å²) in [5, 5.41) is 3.98. The third-order valence-electron chi connectivity index (χ3n) is 4.89. The number of fused-ring (bicyclic) bond motifs is 1. The van der Waals surface area contributed by atoms with E-state index in [4.69, 9.17) is 14.0 Å². The lowest BCUT2D eigenvalue weighted by Gasteiger charge is -2.40.